The highest BCUT2D eigenvalue weighted by Crippen LogP contribution is 2.11. The van der Waals surface area contributed by atoms with Crippen LogP contribution in [0.4, 0.5) is 0 Å². The molecule has 1 aliphatic rings. The van der Waals surface area contributed by atoms with E-state index in [0.717, 1.165) is 25.9 Å². The van der Waals surface area contributed by atoms with Crippen molar-refractivity contribution in [3.05, 3.63) is 0 Å². The molecule has 0 unspecified atom stereocenters. The summed E-state index contributed by atoms with van der Waals surface area (Å²) >= 11 is 1.23. The summed E-state index contributed by atoms with van der Waals surface area (Å²) in [6, 6.07) is 0. The summed E-state index contributed by atoms with van der Waals surface area (Å²) in [7, 11) is 0. The number of amides is 1. The molecule has 3 nitrogen and oxygen atoms in total. The van der Waals surface area contributed by atoms with Crippen molar-refractivity contribution in [1.29, 1.82) is 0 Å². The molecular weight excluding hydrogens is 186 g/mol. The molecule has 0 aliphatic carbocycles. The Hall–Kier alpha value is -0.510. The van der Waals surface area contributed by atoms with Crippen molar-refractivity contribution in [3.8, 4) is 0 Å². The zero-order valence-electron chi connectivity index (χ0n) is 7.91. The van der Waals surface area contributed by atoms with Gasteiger partial charge in [-0.05, 0) is 12.8 Å². The minimum Gasteiger partial charge on any atom is -0.343 e. The van der Waals surface area contributed by atoms with Crippen LogP contribution < -0.4 is 0 Å². The summed E-state index contributed by atoms with van der Waals surface area (Å²) in [5.41, 5.74) is 0. The molecule has 0 bridgehead atoms. The van der Waals surface area contributed by atoms with Crippen LogP contribution in [0, 0.1) is 0 Å². The van der Waals surface area contributed by atoms with Crippen LogP contribution in [0.15, 0.2) is 0 Å². The molecule has 1 rings (SSSR count). The predicted molar refractivity (Wildman–Crippen MR) is 53.6 cm³/mol. The van der Waals surface area contributed by atoms with Crippen LogP contribution in [0.2, 0.25) is 0 Å². The fraction of sp³-hybridized carbons (Fsp3) is 0.778. The summed E-state index contributed by atoms with van der Waals surface area (Å²) in [6.45, 7) is 3.35. The van der Waals surface area contributed by atoms with E-state index in [0.29, 0.717) is 12.2 Å². The number of rotatable bonds is 3. The van der Waals surface area contributed by atoms with Crippen LogP contribution >= 0.6 is 11.8 Å². The van der Waals surface area contributed by atoms with E-state index < -0.39 is 0 Å². The number of carbonyl (C=O) groups excluding carboxylic acids is 2. The lowest BCUT2D eigenvalue weighted by molar-refractivity contribution is -0.129. The topological polar surface area (TPSA) is 37.4 Å². The number of nitrogens with zero attached hydrogens (tertiary/aromatic N) is 1. The number of carbonyl (C=O) groups is 2. The van der Waals surface area contributed by atoms with Gasteiger partial charge in [-0.15, -0.1) is 0 Å². The average Bonchev–Trinajstić information content (AvgIpc) is 2.55. The lowest BCUT2D eigenvalue weighted by Gasteiger charge is -2.14. The van der Waals surface area contributed by atoms with Gasteiger partial charge in [0.2, 0.25) is 5.91 Å². The second kappa shape index (κ2) is 5.27. The molecular formula is C9H15NO2S. The molecule has 0 aromatic rings. The van der Waals surface area contributed by atoms with Crippen LogP contribution in [-0.2, 0) is 9.59 Å². The minimum absolute atomic E-state index is 0.0919. The highest BCUT2D eigenvalue weighted by Gasteiger charge is 2.17. The monoisotopic (exact) mass is 201 g/mol. The molecule has 13 heavy (non-hydrogen) atoms. The van der Waals surface area contributed by atoms with E-state index in [1.807, 2.05) is 4.90 Å². The molecule has 0 aromatic heterocycles. The number of hydrogen-bond donors (Lipinski definition) is 0. The van der Waals surface area contributed by atoms with Gasteiger partial charge in [0, 0.05) is 32.2 Å². The molecule has 0 atom stereocenters. The highest BCUT2D eigenvalue weighted by atomic mass is 32.2. The Kier molecular flexibility index (Phi) is 4.28. The number of thioether (sulfide) groups is 1. The molecule has 1 amide bonds. The van der Waals surface area contributed by atoms with E-state index in [1.165, 1.54) is 18.7 Å². The van der Waals surface area contributed by atoms with Crippen LogP contribution in [-0.4, -0.2) is 34.8 Å². The first-order valence-electron chi connectivity index (χ1n) is 4.61. The SMILES string of the molecule is CC(=O)SCCC(=O)N1CCCC1. The summed E-state index contributed by atoms with van der Waals surface area (Å²) in [5.74, 6) is 0.830. The summed E-state index contributed by atoms with van der Waals surface area (Å²) in [6.07, 6.45) is 2.77. The van der Waals surface area contributed by atoms with Crippen LogP contribution in [0.5, 0.6) is 0 Å². The standard InChI is InChI=1S/C9H15NO2S/c1-8(11)13-7-4-9(12)10-5-2-3-6-10/h2-7H2,1H3. The van der Waals surface area contributed by atoms with Crippen molar-refractivity contribution >= 4 is 22.8 Å². The first kappa shape index (κ1) is 10.6. The quantitative estimate of drug-likeness (QED) is 0.690. The maximum Gasteiger partial charge on any atom is 0.223 e. The molecule has 1 saturated heterocycles. The third-order valence-corrected chi connectivity index (χ3v) is 2.89. The van der Waals surface area contributed by atoms with E-state index in [2.05, 4.69) is 0 Å². The highest BCUT2D eigenvalue weighted by molar-refractivity contribution is 8.13. The zero-order chi connectivity index (χ0) is 9.68. The zero-order valence-corrected chi connectivity index (χ0v) is 8.73. The summed E-state index contributed by atoms with van der Waals surface area (Å²) in [5, 5.41) is 0.0919. The van der Waals surface area contributed by atoms with Gasteiger partial charge in [-0.3, -0.25) is 9.59 Å². The maximum atomic E-state index is 11.4. The molecule has 0 saturated carbocycles. The van der Waals surface area contributed by atoms with E-state index in [9.17, 15) is 9.59 Å². The molecule has 1 aliphatic heterocycles. The van der Waals surface area contributed by atoms with E-state index >= 15 is 0 Å². The molecule has 0 aromatic carbocycles. The van der Waals surface area contributed by atoms with Gasteiger partial charge in [0.1, 0.15) is 0 Å². The average molecular weight is 201 g/mol. The normalized spacial score (nSPS) is 16.2. The maximum absolute atomic E-state index is 11.4. The van der Waals surface area contributed by atoms with Crippen LogP contribution in [0.1, 0.15) is 26.2 Å². The summed E-state index contributed by atoms with van der Waals surface area (Å²) in [4.78, 5) is 23.9. The Morgan fingerprint density at radius 1 is 1.31 bits per heavy atom. The molecule has 4 heteroatoms. The first-order chi connectivity index (χ1) is 6.20. The van der Waals surface area contributed by atoms with Crippen LogP contribution in [0.25, 0.3) is 0 Å². The van der Waals surface area contributed by atoms with Gasteiger partial charge in [0.05, 0.1) is 0 Å². The van der Waals surface area contributed by atoms with Crippen molar-refractivity contribution in [2.24, 2.45) is 0 Å². The molecule has 0 N–H and O–H groups in total. The Balaban J connectivity index is 2.13. The second-order valence-corrected chi connectivity index (χ2v) is 4.45. The van der Waals surface area contributed by atoms with Crippen molar-refractivity contribution in [3.63, 3.8) is 0 Å². The van der Waals surface area contributed by atoms with Gasteiger partial charge in [-0.1, -0.05) is 11.8 Å². The number of hydrogen-bond acceptors (Lipinski definition) is 3. The largest absolute Gasteiger partial charge is 0.343 e. The third-order valence-electron chi connectivity index (χ3n) is 2.08. The molecule has 0 spiro atoms. The second-order valence-electron chi connectivity index (χ2n) is 3.18. The van der Waals surface area contributed by atoms with Crippen molar-refractivity contribution in [1.82, 2.24) is 4.90 Å². The van der Waals surface area contributed by atoms with Gasteiger partial charge >= 0.3 is 0 Å². The fourth-order valence-electron chi connectivity index (χ4n) is 1.41. The Morgan fingerprint density at radius 3 is 2.46 bits per heavy atom. The fourth-order valence-corrected chi connectivity index (χ4v) is 1.97. The molecule has 1 fully saturated rings. The minimum atomic E-state index is 0.0919. The van der Waals surface area contributed by atoms with Gasteiger partial charge < -0.3 is 4.90 Å². The smallest absolute Gasteiger partial charge is 0.223 e. The lowest BCUT2D eigenvalue weighted by Crippen LogP contribution is -2.27. The van der Waals surface area contributed by atoms with Crippen molar-refractivity contribution < 1.29 is 9.59 Å². The van der Waals surface area contributed by atoms with Gasteiger partial charge in [-0.2, -0.15) is 0 Å². The molecule has 0 radical (unpaired) electrons. The lowest BCUT2D eigenvalue weighted by atomic mass is 10.4. The van der Waals surface area contributed by atoms with Gasteiger partial charge in [0.25, 0.3) is 0 Å². The Morgan fingerprint density at radius 2 is 1.92 bits per heavy atom. The third kappa shape index (κ3) is 3.81. The van der Waals surface area contributed by atoms with Gasteiger partial charge in [-0.25, -0.2) is 0 Å². The van der Waals surface area contributed by atoms with E-state index in [-0.39, 0.29) is 11.0 Å². The summed E-state index contributed by atoms with van der Waals surface area (Å²) < 4.78 is 0. The predicted octanol–water partition coefficient (Wildman–Crippen LogP) is 1.28. The molecule has 74 valence electrons. The van der Waals surface area contributed by atoms with Crippen molar-refractivity contribution in [2.45, 2.75) is 26.2 Å². The van der Waals surface area contributed by atoms with E-state index in [1.54, 1.807) is 0 Å². The number of likely N-dealkylation sites (tertiary alicyclic amines) is 1. The molecule has 1 heterocycles. The van der Waals surface area contributed by atoms with Crippen LogP contribution in [0.3, 0.4) is 0 Å². The van der Waals surface area contributed by atoms with E-state index in [4.69, 9.17) is 0 Å². The van der Waals surface area contributed by atoms with Crippen molar-refractivity contribution in [2.75, 3.05) is 18.8 Å². The van der Waals surface area contributed by atoms with Gasteiger partial charge in [0.15, 0.2) is 5.12 Å². The Bertz CT molecular complexity index is 200. The Labute approximate surface area is 82.9 Å². The first-order valence-corrected chi connectivity index (χ1v) is 5.60.